The van der Waals surface area contributed by atoms with Gasteiger partial charge in [0.1, 0.15) is 5.82 Å². The van der Waals surface area contributed by atoms with Crippen LogP contribution in [-0.4, -0.2) is 70.5 Å². The number of hydrogen-bond donors (Lipinski definition) is 1. The molecule has 2 aromatic rings. The van der Waals surface area contributed by atoms with E-state index in [1.54, 1.807) is 12.4 Å². The molecule has 8 nitrogen and oxygen atoms in total. The first kappa shape index (κ1) is 23.1. The number of likely N-dealkylation sites (tertiary alicyclic amines) is 1. The number of amides is 1. The van der Waals surface area contributed by atoms with Crippen LogP contribution in [0.3, 0.4) is 0 Å². The predicted molar refractivity (Wildman–Crippen MR) is 129 cm³/mol. The number of aromatic nitrogens is 2. The first-order valence-corrected chi connectivity index (χ1v) is 12.4. The molecule has 0 radical (unpaired) electrons. The quantitative estimate of drug-likeness (QED) is 0.699. The van der Waals surface area contributed by atoms with Crippen molar-refractivity contribution < 1.29 is 14.6 Å². The second-order valence-electron chi connectivity index (χ2n) is 10.3. The predicted octanol–water partition coefficient (Wildman–Crippen LogP) is 1.85. The molecule has 182 valence electrons. The van der Waals surface area contributed by atoms with Crippen LogP contribution in [0.2, 0.25) is 0 Å². The maximum absolute atomic E-state index is 12.8. The van der Waals surface area contributed by atoms with Gasteiger partial charge in [0.05, 0.1) is 31.7 Å². The highest BCUT2D eigenvalue weighted by atomic mass is 16.5. The summed E-state index contributed by atoms with van der Waals surface area (Å²) in [6.07, 6.45) is 5.79. The van der Waals surface area contributed by atoms with Gasteiger partial charge in [-0.3, -0.25) is 14.2 Å². The van der Waals surface area contributed by atoms with Crippen LogP contribution in [0.4, 0.5) is 5.82 Å². The molecule has 1 amide bonds. The van der Waals surface area contributed by atoms with E-state index in [1.165, 1.54) is 4.57 Å². The average Bonchev–Trinajstić information content (AvgIpc) is 2.84. The van der Waals surface area contributed by atoms with Gasteiger partial charge < -0.3 is 19.6 Å². The summed E-state index contributed by atoms with van der Waals surface area (Å²) in [5, 5.41) is 11.1. The van der Waals surface area contributed by atoms with Crippen molar-refractivity contribution in [2.45, 2.75) is 50.7 Å². The number of hydrogen-bond acceptors (Lipinski definition) is 6. The molecule has 1 spiro atoms. The largest absolute Gasteiger partial charge is 0.388 e. The van der Waals surface area contributed by atoms with Crippen LogP contribution in [0.5, 0.6) is 0 Å². The maximum atomic E-state index is 12.8. The van der Waals surface area contributed by atoms with Gasteiger partial charge in [-0.1, -0.05) is 30.3 Å². The average molecular weight is 467 g/mol. The summed E-state index contributed by atoms with van der Waals surface area (Å²) >= 11 is 0. The monoisotopic (exact) mass is 466 g/mol. The van der Waals surface area contributed by atoms with Crippen LogP contribution in [-0.2, 0) is 22.5 Å². The second kappa shape index (κ2) is 9.50. The van der Waals surface area contributed by atoms with E-state index in [9.17, 15) is 14.7 Å². The summed E-state index contributed by atoms with van der Waals surface area (Å²) in [5.74, 6) is 0.827. The molecule has 3 aliphatic rings. The summed E-state index contributed by atoms with van der Waals surface area (Å²) in [6.45, 7) is 4.68. The van der Waals surface area contributed by atoms with Crippen LogP contribution < -0.4 is 10.5 Å². The van der Waals surface area contributed by atoms with Crippen molar-refractivity contribution >= 4 is 11.7 Å². The number of benzene rings is 1. The topological polar surface area (TPSA) is 87.9 Å². The maximum Gasteiger partial charge on any atom is 0.255 e. The number of rotatable bonds is 6. The molecule has 5 rings (SSSR count). The summed E-state index contributed by atoms with van der Waals surface area (Å²) < 4.78 is 6.89. The Labute approximate surface area is 200 Å². The second-order valence-corrected chi connectivity index (χ2v) is 10.3. The smallest absolute Gasteiger partial charge is 0.255 e. The molecule has 4 heterocycles. The van der Waals surface area contributed by atoms with Crippen molar-refractivity contribution in [1.82, 2.24) is 14.5 Å². The van der Waals surface area contributed by atoms with Gasteiger partial charge in [-0.05, 0) is 37.7 Å². The van der Waals surface area contributed by atoms with Crippen molar-refractivity contribution in [3.63, 3.8) is 0 Å². The fourth-order valence-corrected chi connectivity index (χ4v) is 5.30. The summed E-state index contributed by atoms with van der Waals surface area (Å²) in [7, 11) is 0. The highest BCUT2D eigenvalue weighted by Gasteiger charge is 2.41. The standard InChI is InChI=1S/C26H34N4O4/c31-23(7-6-21-4-2-1-3-5-21)29-14-10-26(33,11-15-29)17-30-20-27-22(16-24(30)32)28-12-8-25(9-13-28)18-34-19-25/h1-5,16,20,33H,6-15,17-19H2. The SMILES string of the molecule is O=C(CCc1ccccc1)N1CCC(O)(Cn2cnc(N3CCC4(CC3)COC4)cc2=O)CC1. The lowest BCUT2D eigenvalue weighted by molar-refractivity contribution is -0.135. The Morgan fingerprint density at radius 2 is 1.74 bits per heavy atom. The fraction of sp³-hybridized carbons (Fsp3) is 0.577. The Balaban J connectivity index is 1.13. The molecule has 0 atom stereocenters. The molecule has 0 saturated carbocycles. The Morgan fingerprint density at radius 1 is 1.03 bits per heavy atom. The van der Waals surface area contributed by atoms with Gasteiger partial charge in [0.2, 0.25) is 5.91 Å². The Bertz CT molecular complexity index is 1050. The third-order valence-corrected chi connectivity index (χ3v) is 7.81. The number of aliphatic hydroxyl groups is 1. The molecule has 1 aromatic carbocycles. The van der Waals surface area contributed by atoms with Crippen LogP contribution in [0.15, 0.2) is 47.5 Å². The molecule has 0 bridgehead atoms. The number of anilines is 1. The summed E-state index contributed by atoms with van der Waals surface area (Å²) in [6, 6.07) is 11.6. The first-order chi connectivity index (χ1) is 16.4. The Kier molecular flexibility index (Phi) is 6.44. The third kappa shape index (κ3) is 5.03. The zero-order valence-corrected chi connectivity index (χ0v) is 19.7. The van der Waals surface area contributed by atoms with Crippen molar-refractivity contribution in [3.05, 3.63) is 58.6 Å². The first-order valence-electron chi connectivity index (χ1n) is 12.4. The van der Waals surface area contributed by atoms with Crippen molar-refractivity contribution in [2.24, 2.45) is 5.41 Å². The minimum Gasteiger partial charge on any atom is -0.388 e. The highest BCUT2D eigenvalue weighted by Crippen LogP contribution is 2.39. The number of carbonyl (C=O) groups excluding carboxylic acids is 1. The van der Waals surface area contributed by atoms with Gasteiger partial charge in [0.15, 0.2) is 0 Å². The zero-order valence-electron chi connectivity index (χ0n) is 19.7. The van der Waals surface area contributed by atoms with Crippen molar-refractivity contribution in [1.29, 1.82) is 0 Å². The van der Waals surface area contributed by atoms with E-state index in [0.29, 0.717) is 43.6 Å². The lowest BCUT2D eigenvalue weighted by Crippen LogP contribution is -2.51. The van der Waals surface area contributed by atoms with Crippen LogP contribution in [0, 0.1) is 5.41 Å². The Morgan fingerprint density at radius 3 is 2.35 bits per heavy atom. The van der Waals surface area contributed by atoms with Crippen molar-refractivity contribution in [3.8, 4) is 0 Å². The van der Waals surface area contributed by atoms with Crippen LogP contribution in [0.1, 0.15) is 37.7 Å². The van der Waals surface area contributed by atoms with E-state index in [-0.39, 0.29) is 18.0 Å². The van der Waals surface area contributed by atoms with Gasteiger partial charge >= 0.3 is 0 Å². The molecule has 1 aromatic heterocycles. The van der Waals surface area contributed by atoms with E-state index in [2.05, 4.69) is 9.88 Å². The molecule has 3 aliphatic heterocycles. The minimum absolute atomic E-state index is 0.117. The molecule has 8 heteroatoms. The molecule has 0 unspecified atom stereocenters. The minimum atomic E-state index is -1.01. The van der Waals surface area contributed by atoms with Gasteiger partial charge in [0.25, 0.3) is 5.56 Å². The van der Waals surface area contributed by atoms with Gasteiger partial charge in [-0.2, -0.15) is 0 Å². The fourth-order valence-electron chi connectivity index (χ4n) is 5.30. The van der Waals surface area contributed by atoms with Crippen LogP contribution in [0.25, 0.3) is 0 Å². The van der Waals surface area contributed by atoms with E-state index in [1.807, 2.05) is 35.2 Å². The van der Waals surface area contributed by atoms with Crippen molar-refractivity contribution in [2.75, 3.05) is 44.3 Å². The summed E-state index contributed by atoms with van der Waals surface area (Å²) in [4.78, 5) is 33.9. The molecule has 34 heavy (non-hydrogen) atoms. The van der Waals surface area contributed by atoms with E-state index < -0.39 is 5.60 Å². The Hall–Kier alpha value is -2.71. The zero-order chi connectivity index (χ0) is 23.6. The normalized spacial score (nSPS) is 21.3. The number of nitrogens with zero attached hydrogens (tertiary/aromatic N) is 4. The van der Waals surface area contributed by atoms with Gasteiger partial charge in [-0.25, -0.2) is 4.98 Å². The van der Waals surface area contributed by atoms with E-state index in [4.69, 9.17) is 4.74 Å². The molecule has 0 aliphatic carbocycles. The number of carbonyl (C=O) groups is 1. The number of piperidine rings is 2. The number of ether oxygens (including phenoxy) is 1. The molecular weight excluding hydrogens is 432 g/mol. The highest BCUT2D eigenvalue weighted by molar-refractivity contribution is 5.76. The number of aryl methyl sites for hydroxylation is 1. The van der Waals surface area contributed by atoms with Crippen LogP contribution >= 0.6 is 0 Å². The third-order valence-electron chi connectivity index (χ3n) is 7.81. The van der Waals surface area contributed by atoms with Gasteiger partial charge in [0, 0.05) is 44.1 Å². The molecule has 3 fully saturated rings. The summed E-state index contributed by atoms with van der Waals surface area (Å²) in [5.41, 5.74) is 0.338. The molecule has 1 N–H and O–H groups in total. The lowest BCUT2D eigenvalue weighted by Gasteiger charge is -2.47. The molecular formula is C26H34N4O4. The lowest BCUT2D eigenvalue weighted by atomic mass is 9.77. The van der Waals surface area contributed by atoms with E-state index >= 15 is 0 Å². The van der Waals surface area contributed by atoms with E-state index in [0.717, 1.165) is 51.1 Å². The molecule has 3 saturated heterocycles. The van der Waals surface area contributed by atoms with Gasteiger partial charge in [-0.15, -0.1) is 0 Å².